The summed E-state index contributed by atoms with van der Waals surface area (Å²) in [5.74, 6) is 0. The molecule has 0 N–H and O–H groups in total. The first kappa shape index (κ1) is 15.3. The van der Waals surface area contributed by atoms with E-state index in [1.165, 1.54) is 46.6 Å². The van der Waals surface area contributed by atoms with Crippen LogP contribution in [0.25, 0.3) is 0 Å². The molecule has 2 fully saturated rings. The lowest BCUT2D eigenvalue weighted by molar-refractivity contribution is 0.255. The lowest BCUT2D eigenvalue weighted by Gasteiger charge is -2.55. The molecule has 2 heteroatoms. The molecule has 0 radical (unpaired) electrons. The maximum Gasteiger partial charge on any atom is 0.00239 e. The van der Waals surface area contributed by atoms with Crippen LogP contribution in [0.3, 0.4) is 0 Å². The van der Waals surface area contributed by atoms with Crippen molar-refractivity contribution in [3.05, 3.63) is 0 Å². The van der Waals surface area contributed by atoms with E-state index in [9.17, 15) is 0 Å². The molecule has 18 heavy (non-hydrogen) atoms. The molecule has 0 aromatic carbocycles. The average molecular weight is 286 g/mol. The Hall–Kier alpha value is 0.860. The van der Waals surface area contributed by atoms with Gasteiger partial charge < -0.3 is 0 Å². The minimum absolute atomic E-state index is 0.174. The summed E-state index contributed by atoms with van der Waals surface area (Å²) in [6.45, 7) is 15.2. The van der Waals surface area contributed by atoms with E-state index in [1.54, 1.807) is 0 Å². The van der Waals surface area contributed by atoms with Crippen molar-refractivity contribution in [2.75, 3.05) is 12.3 Å². The van der Waals surface area contributed by atoms with Crippen molar-refractivity contribution in [2.24, 2.45) is 5.41 Å². The number of hydrogen-bond acceptors (Lipinski definition) is 0. The van der Waals surface area contributed by atoms with E-state index >= 15 is 0 Å². The minimum Gasteiger partial charge on any atom is -0.118 e. The number of hydrogen-bond donors (Lipinski definition) is 0. The Bertz CT molecular complexity index is 291. The van der Waals surface area contributed by atoms with E-state index < -0.39 is 0 Å². The highest BCUT2D eigenvalue weighted by atomic mass is 31.1. The second kappa shape index (κ2) is 5.00. The predicted octanol–water partition coefficient (Wildman–Crippen LogP) is 5.69. The van der Waals surface area contributed by atoms with Gasteiger partial charge >= 0.3 is 0 Å². The molecule has 2 aliphatic heterocycles. The molecule has 0 saturated carbocycles. The average Bonchev–Trinajstić information content (AvgIpc) is 2.84. The van der Waals surface area contributed by atoms with Gasteiger partial charge in [-0.3, -0.25) is 0 Å². The Kier molecular flexibility index (Phi) is 4.24. The first-order valence-electron chi connectivity index (χ1n) is 7.71. The summed E-state index contributed by atoms with van der Waals surface area (Å²) in [6.07, 6.45) is 9.13. The molecule has 4 atom stereocenters. The second-order valence-electron chi connectivity index (χ2n) is 8.25. The molecule has 2 saturated heterocycles. The first-order valence-corrected chi connectivity index (χ1v) is 10.5. The largest absolute Gasteiger partial charge is 0.118 e. The minimum atomic E-state index is 0.174. The van der Waals surface area contributed by atoms with Crippen LogP contribution in [-0.2, 0) is 0 Å². The van der Waals surface area contributed by atoms with Crippen LogP contribution in [-0.4, -0.2) is 28.3 Å². The van der Waals surface area contributed by atoms with Gasteiger partial charge in [-0.2, -0.15) is 0 Å². The van der Waals surface area contributed by atoms with Gasteiger partial charge in [-0.15, -0.1) is 8.58 Å². The van der Waals surface area contributed by atoms with Gasteiger partial charge in [0.1, 0.15) is 0 Å². The predicted molar refractivity (Wildman–Crippen MR) is 89.2 cm³/mol. The summed E-state index contributed by atoms with van der Waals surface area (Å²) in [6, 6.07) is 0. The zero-order chi connectivity index (χ0) is 13.6. The van der Waals surface area contributed by atoms with Crippen molar-refractivity contribution in [2.45, 2.75) is 83.2 Å². The normalized spacial score (nSPS) is 39.7. The topological polar surface area (TPSA) is 0 Å². The second-order valence-corrected chi connectivity index (χ2v) is 13.3. The molecule has 2 rings (SSSR count). The van der Waals surface area contributed by atoms with Crippen LogP contribution < -0.4 is 0 Å². The highest BCUT2D eigenvalue weighted by Gasteiger charge is 2.57. The van der Waals surface area contributed by atoms with Crippen molar-refractivity contribution in [1.29, 1.82) is 0 Å². The van der Waals surface area contributed by atoms with Crippen molar-refractivity contribution in [1.82, 2.24) is 0 Å². The third kappa shape index (κ3) is 2.42. The van der Waals surface area contributed by atoms with Crippen LogP contribution in [0.4, 0.5) is 0 Å². The SMILES string of the molecule is CC(C)(C)P1CCCC1(C1CCCP1)C(C)(C)C. The maximum absolute atomic E-state index is 2.54. The summed E-state index contributed by atoms with van der Waals surface area (Å²) in [4.78, 5) is 0. The zero-order valence-electron chi connectivity index (χ0n) is 13.3. The smallest absolute Gasteiger partial charge is 0.00239 e. The number of rotatable bonds is 1. The van der Waals surface area contributed by atoms with E-state index in [4.69, 9.17) is 0 Å². The molecule has 0 amide bonds. The molecular weight excluding hydrogens is 254 g/mol. The van der Waals surface area contributed by atoms with Gasteiger partial charge in [-0.1, -0.05) is 49.5 Å². The van der Waals surface area contributed by atoms with Crippen LogP contribution in [0.15, 0.2) is 0 Å². The lowest BCUT2D eigenvalue weighted by Crippen LogP contribution is -2.49. The Morgan fingerprint density at radius 1 is 1.06 bits per heavy atom. The third-order valence-corrected chi connectivity index (χ3v) is 11.9. The lowest BCUT2D eigenvalue weighted by atomic mass is 9.74. The molecule has 0 nitrogen and oxygen atoms in total. The molecule has 4 unspecified atom stereocenters. The van der Waals surface area contributed by atoms with E-state index in [0.29, 0.717) is 15.7 Å². The van der Waals surface area contributed by atoms with Gasteiger partial charge in [0.2, 0.25) is 0 Å². The summed E-state index contributed by atoms with van der Waals surface area (Å²) in [5.41, 5.74) is 1.56. The van der Waals surface area contributed by atoms with Gasteiger partial charge in [0.05, 0.1) is 0 Å². The first-order chi connectivity index (χ1) is 8.19. The summed E-state index contributed by atoms with van der Waals surface area (Å²) in [7, 11) is 1.43. The third-order valence-electron chi connectivity index (χ3n) is 5.17. The highest BCUT2D eigenvalue weighted by molar-refractivity contribution is 7.62. The van der Waals surface area contributed by atoms with Crippen molar-refractivity contribution in [3.63, 3.8) is 0 Å². The highest BCUT2D eigenvalue weighted by Crippen LogP contribution is 2.75. The van der Waals surface area contributed by atoms with E-state index in [0.717, 1.165) is 5.66 Å². The molecule has 0 bridgehead atoms. The summed E-state index contributed by atoms with van der Waals surface area (Å²) in [5, 5.41) is 1.24. The monoisotopic (exact) mass is 286 g/mol. The summed E-state index contributed by atoms with van der Waals surface area (Å²) >= 11 is 0. The van der Waals surface area contributed by atoms with Gasteiger partial charge in [0.25, 0.3) is 0 Å². The molecule has 106 valence electrons. The fourth-order valence-electron chi connectivity index (χ4n) is 4.53. The summed E-state index contributed by atoms with van der Waals surface area (Å²) < 4.78 is 0. The van der Waals surface area contributed by atoms with Crippen molar-refractivity contribution >= 4 is 16.5 Å². The molecule has 0 spiro atoms. The van der Waals surface area contributed by atoms with Gasteiger partial charge in [-0.05, 0) is 54.2 Å². The standard InChI is InChI=1S/C16H32P2/c1-14(2,3)16(13-9-7-11-17-13)10-8-12-18(16)15(4,5)6/h13,17H,7-12H2,1-6H3. The zero-order valence-corrected chi connectivity index (χ0v) is 15.2. The van der Waals surface area contributed by atoms with E-state index in [1.807, 2.05) is 0 Å². The molecule has 0 aliphatic carbocycles. The van der Waals surface area contributed by atoms with Gasteiger partial charge in [0.15, 0.2) is 0 Å². The quantitative estimate of drug-likeness (QED) is 0.543. The Labute approximate surface area is 118 Å². The van der Waals surface area contributed by atoms with Gasteiger partial charge in [-0.25, -0.2) is 0 Å². The molecule has 2 heterocycles. The fraction of sp³-hybridized carbons (Fsp3) is 1.00. The molecule has 2 aliphatic rings. The Balaban J connectivity index is 2.41. The maximum atomic E-state index is 2.54. The van der Waals surface area contributed by atoms with E-state index in [2.05, 4.69) is 41.5 Å². The molecule has 0 aromatic rings. The van der Waals surface area contributed by atoms with Gasteiger partial charge in [0, 0.05) is 5.16 Å². The van der Waals surface area contributed by atoms with E-state index in [-0.39, 0.29) is 7.92 Å². The van der Waals surface area contributed by atoms with Crippen molar-refractivity contribution in [3.8, 4) is 0 Å². The van der Waals surface area contributed by atoms with Crippen LogP contribution in [0.5, 0.6) is 0 Å². The van der Waals surface area contributed by atoms with Crippen LogP contribution in [0.1, 0.15) is 67.2 Å². The Morgan fingerprint density at radius 2 is 1.72 bits per heavy atom. The van der Waals surface area contributed by atoms with Crippen molar-refractivity contribution < 1.29 is 0 Å². The Morgan fingerprint density at radius 3 is 2.17 bits per heavy atom. The van der Waals surface area contributed by atoms with Crippen LogP contribution in [0.2, 0.25) is 0 Å². The molecule has 0 aromatic heterocycles. The van der Waals surface area contributed by atoms with Crippen LogP contribution >= 0.6 is 16.5 Å². The molecular formula is C16H32P2. The van der Waals surface area contributed by atoms with Crippen LogP contribution in [0, 0.1) is 5.41 Å². The fourth-order valence-corrected chi connectivity index (χ4v) is 11.8.